The summed E-state index contributed by atoms with van der Waals surface area (Å²) < 4.78 is 11.0. The predicted molar refractivity (Wildman–Crippen MR) is 140 cm³/mol. The van der Waals surface area contributed by atoms with Gasteiger partial charge in [0, 0.05) is 11.6 Å². The predicted octanol–water partition coefficient (Wildman–Crippen LogP) is 4.46. The van der Waals surface area contributed by atoms with Crippen LogP contribution in [0.5, 0.6) is 5.75 Å². The number of nitrogens with zero attached hydrogens (tertiary/aromatic N) is 2. The van der Waals surface area contributed by atoms with Crippen LogP contribution in [0.4, 0.5) is 5.69 Å². The van der Waals surface area contributed by atoms with Gasteiger partial charge in [-0.2, -0.15) is 5.10 Å². The Morgan fingerprint density at radius 1 is 1.08 bits per heavy atom. The molecule has 200 valence electrons. The average molecular weight is 521 g/mol. The van der Waals surface area contributed by atoms with Crippen LogP contribution in [0.2, 0.25) is 0 Å². The zero-order chi connectivity index (χ0) is 28.1. The molecule has 0 aliphatic heterocycles. The minimum absolute atomic E-state index is 0.0149. The van der Waals surface area contributed by atoms with Crippen LogP contribution in [-0.2, 0) is 10.2 Å². The van der Waals surface area contributed by atoms with Gasteiger partial charge in [-0.1, -0.05) is 58.9 Å². The first-order valence-corrected chi connectivity index (χ1v) is 11.9. The lowest BCUT2D eigenvalue weighted by Gasteiger charge is -2.33. The Bertz CT molecular complexity index is 1370. The first-order valence-electron chi connectivity index (χ1n) is 11.9. The summed E-state index contributed by atoms with van der Waals surface area (Å²) in [5.41, 5.74) is 3.16. The lowest BCUT2D eigenvalue weighted by molar-refractivity contribution is -0.385. The maximum atomic E-state index is 12.2. The van der Waals surface area contributed by atoms with E-state index in [1.807, 2.05) is 13.8 Å². The van der Waals surface area contributed by atoms with Crippen molar-refractivity contribution in [1.82, 2.24) is 5.43 Å². The zero-order valence-electron chi connectivity index (χ0n) is 21.9. The molecule has 0 spiro atoms. The van der Waals surface area contributed by atoms with E-state index in [0.29, 0.717) is 17.1 Å². The van der Waals surface area contributed by atoms with Crippen molar-refractivity contribution in [1.29, 1.82) is 0 Å². The molecular weight excluding hydrogens is 490 g/mol. The van der Waals surface area contributed by atoms with Crippen molar-refractivity contribution >= 4 is 23.8 Å². The number of nitro groups is 1. The average Bonchev–Trinajstić information content (AvgIpc) is 3.30. The van der Waals surface area contributed by atoms with Gasteiger partial charge in [0.2, 0.25) is 0 Å². The third kappa shape index (κ3) is 7.52. The van der Waals surface area contributed by atoms with Gasteiger partial charge in [0.15, 0.2) is 12.4 Å². The van der Waals surface area contributed by atoms with E-state index in [0.717, 1.165) is 12.0 Å². The molecule has 0 fully saturated rings. The molecule has 1 amide bonds. The molecule has 1 N–H and O–H groups in total. The second-order valence-electron chi connectivity index (χ2n) is 10.7. The van der Waals surface area contributed by atoms with Gasteiger partial charge in [-0.3, -0.25) is 14.9 Å². The number of hydrogen-bond acceptors (Lipinski definition) is 8. The van der Waals surface area contributed by atoms with E-state index in [1.54, 1.807) is 30.3 Å². The third-order valence-corrected chi connectivity index (χ3v) is 5.66. The lowest BCUT2D eigenvalue weighted by Crippen LogP contribution is -2.26. The van der Waals surface area contributed by atoms with Crippen LogP contribution in [0.15, 0.2) is 64.1 Å². The fraction of sp³-hybridized carbons (Fsp3) is 0.321. The molecule has 3 rings (SSSR count). The second kappa shape index (κ2) is 11.3. The summed E-state index contributed by atoms with van der Waals surface area (Å²) in [6.07, 6.45) is 2.08. The number of ether oxygens (including phenoxy) is 1. The fourth-order valence-corrected chi connectivity index (χ4v) is 4.35. The van der Waals surface area contributed by atoms with E-state index in [4.69, 9.17) is 9.15 Å². The molecule has 0 unspecified atom stereocenters. The molecule has 1 aromatic heterocycles. The maximum absolute atomic E-state index is 12.2. The SMILES string of the molecule is CC(C)(C)CC(C)(C)c1ccc(OCC(=O)N/N=C\c2ccc(-c3cccc(C(=O)[O-])c3)o2)c([N+](=O)[O-])c1. The molecule has 38 heavy (non-hydrogen) atoms. The molecular formula is C28H30N3O7-. The fourth-order valence-electron chi connectivity index (χ4n) is 4.35. The molecule has 0 saturated heterocycles. The molecule has 0 atom stereocenters. The first kappa shape index (κ1) is 28.1. The van der Waals surface area contributed by atoms with Crippen molar-refractivity contribution in [2.24, 2.45) is 10.5 Å². The number of hydrogen-bond donors (Lipinski definition) is 1. The highest BCUT2D eigenvalue weighted by Gasteiger charge is 2.30. The van der Waals surface area contributed by atoms with Crippen molar-refractivity contribution in [2.45, 2.75) is 46.5 Å². The van der Waals surface area contributed by atoms with E-state index in [1.165, 1.54) is 30.5 Å². The highest BCUT2D eigenvalue weighted by Crippen LogP contribution is 2.39. The van der Waals surface area contributed by atoms with E-state index in [-0.39, 0.29) is 27.8 Å². The van der Waals surface area contributed by atoms with Gasteiger partial charge >= 0.3 is 5.69 Å². The highest BCUT2D eigenvalue weighted by molar-refractivity contribution is 5.87. The van der Waals surface area contributed by atoms with E-state index >= 15 is 0 Å². The number of rotatable bonds is 10. The van der Waals surface area contributed by atoms with Gasteiger partial charge in [0.1, 0.15) is 11.5 Å². The van der Waals surface area contributed by atoms with Gasteiger partial charge in [-0.05, 0) is 52.6 Å². The van der Waals surface area contributed by atoms with Crippen molar-refractivity contribution in [3.05, 3.63) is 81.6 Å². The number of carboxylic acids is 1. The summed E-state index contributed by atoms with van der Waals surface area (Å²) in [7, 11) is 0. The van der Waals surface area contributed by atoms with Gasteiger partial charge in [0.25, 0.3) is 5.91 Å². The number of nitrogens with one attached hydrogen (secondary N) is 1. The number of amides is 1. The normalized spacial score (nSPS) is 11.9. The van der Waals surface area contributed by atoms with Gasteiger partial charge in [-0.15, -0.1) is 0 Å². The molecule has 0 aliphatic rings. The van der Waals surface area contributed by atoms with Gasteiger partial charge in [-0.25, -0.2) is 5.43 Å². The second-order valence-corrected chi connectivity index (χ2v) is 10.7. The number of nitro benzene ring substituents is 1. The molecule has 2 aromatic carbocycles. The van der Waals surface area contributed by atoms with E-state index in [2.05, 4.69) is 31.3 Å². The monoisotopic (exact) mass is 520 g/mol. The molecule has 0 saturated carbocycles. The van der Waals surface area contributed by atoms with Gasteiger partial charge < -0.3 is 19.1 Å². The van der Waals surface area contributed by atoms with Crippen molar-refractivity contribution in [2.75, 3.05) is 6.61 Å². The Morgan fingerprint density at radius 2 is 1.82 bits per heavy atom. The first-order chi connectivity index (χ1) is 17.7. The number of benzene rings is 2. The standard InChI is InChI=1S/C28H31N3O7/c1-27(2,3)17-28(4,5)20-9-11-24(22(14-20)31(35)36)37-16-25(32)30-29-15-21-10-12-23(38-21)18-7-6-8-19(13-18)26(33)34/h6-15H,16-17H2,1-5H3,(H,30,32)(H,33,34)/p-1/b29-15-. The van der Waals surface area contributed by atoms with Crippen LogP contribution >= 0.6 is 0 Å². The van der Waals surface area contributed by atoms with E-state index in [9.17, 15) is 24.8 Å². The maximum Gasteiger partial charge on any atom is 0.311 e. The van der Waals surface area contributed by atoms with Crippen LogP contribution in [0.1, 0.15) is 62.7 Å². The van der Waals surface area contributed by atoms with Crippen LogP contribution in [0.25, 0.3) is 11.3 Å². The number of carbonyl (C=O) groups excluding carboxylic acids is 2. The minimum Gasteiger partial charge on any atom is -0.545 e. The highest BCUT2D eigenvalue weighted by atomic mass is 16.6. The summed E-state index contributed by atoms with van der Waals surface area (Å²) in [6, 6.07) is 14.1. The van der Waals surface area contributed by atoms with Crippen LogP contribution in [0.3, 0.4) is 0 Å². The minimum atomic E-state index is -1.30. The Balaban J connectivity index is 1.61. The topological polar surface area (TPSA) is 147 Å². The summed E-state index contributed by atoms with van der Waals surface area (Å²) in [5.74, 6) is -1.22. The molecule has 0 aliphatic carbocycles. The summed E-state index contributed by atoms with van der Waals surface area (Å²) >= 11 is 0. The Kier molecular flexibility index (Phi) is 8.35. The van der Waals surface area contributed by atoms with Crippen LogP contribution < -0.4 is 15.3 Å². The van der Waals surface area contributed by atoms with E-state index < -0.39 is 23.4 Å². The zero-order valence-corrected chi connectivity index (χ0v) is 21.9. The third-order valence-electron chi connectivity index (χ3n) is 5.66. The Hall–Kier alpha value is -4.47. The largest absolute Gasteiger partial charge is 0.545 e. The number of furan rings is 1. The Labute approximate surface area is 220 Å². The molecule has 10 nitrogen and oxygen atoms in total. The number of carbonyl (C=O) groups is 2. The Morgan fingerprint density at radius 3 is 2.47 bits per heavy atom. The van der Waals surface area contributed by atoms with Crippen LogP contribution in [0, 0.1) is 15.5 Å². The van der Waals surface area contributed by atoms with Crippen molar-refractivity contribution in [3.63, 3.8) is 0 Å². The number of hydrazone groups is 1. The number of aromatic carboxylic acids is 1. The molecule has 3 aromatic rings. The van der Waals surface area contributed by atoms with Gasteiger partial charge in [0.05, 0.1) is 17.1 Å². The summed E-state index contributed by atoms with van der Waals surface area (Å²) in [4.78, 5) is 34.4. The van der Waals surface area contributed by atoms with Crippen molar-refractivity contribution < 1.29 is 28.8 Å². The lowest BCUT2D eigenvalue weighted by atomic mass is 9.72. The van der Waals surface area contributed by atoms with Crippen LogP contribution in [-0.4, -0.2) is 29.6 Å². The number of carboxylic acid groups (broad SMARTS) is 1. The molecule has 0 radical (unpaired) electrons. The summed E-state index contributed by atoms with van der Waals surface area (Å²) in [6.45, 7) is 9.94. The summed E-state index contributed by atoms with van der Waals surface area (Å²) in [5, 5.41) is 26.5. The smallest absolute Gasteiger partial charge is 0.311 e. The molecule has 1 heterocycles. The molecule has 10 heteroatoms. The van der Waals surface area contributed by atoms with Crippen molar-refractivity contribution in [3.8, 4) is 17.1 Å². The molecule has 0 bridgehead atoms. The quantitative estimate of drug-likeness (QED) is 0.236.